The Balaban J connectivity index is 1.62. The Bertz CT molecular complexity index is 207. The summed E-state index contributed by atoms with van der Waals surface area (Å²) in [5, 5.41) is 3.78. The summed E-state index contributed by atoms with van der Waals surface area (Å²) < 4.78 is 5.25. The number of methoxy groups -OCH3 is 1. The molecule has 0 aromatic carbocycles. The van der Waals surface area contributed by atoms with Gasteiger partial charge in [-0.25, -0.2) is 0 Å². The van der Waals surface area contributed by atoms with Gasteiger partial charge >= 0.3 is 0 Å². The van der Waals surface area contributed by atoms with Crippen molar-refractivity contribution in [1.29, 1.82) is 0 Å². The number of rotatable bonds is 7. The highest BCUT2D eigenvalue weighted by Gasteiger charge is 2.35. The van der Waals surface area contributed by atoms with Crippen molar-refractivity contribution < 1.29 is 4.74 Å². The molecule has 2 heteroatoms. The lowest BCUT2D eigenvalue weighted by Crippen LogP contribution is -2.38. The lowest BCUT2D eigenvalue weighted by molar-refractivity contribution is 0.0604. The first-order valence-corrected chi connectivity index (χ1v) is 7.57. The molecule has 2 rings (SSSR count). The van der Waals surface area contributed by atoms with Crippen molar-refractivity contribution in [3.05, 3.63) is 0 Å². The van der Waals surface area contributed by atoms with Gasteiger partial charge in [-0.05, 0) is 50.5 Å². The summed E-state index contributed by atoms with van der Waals surface area (Å²) in [6.45, 7) is 2.18. The summed E-state index contributed by atoms with van der Waals surface area (Å²) >= 11 is 0. The highest BCUT2D eigenvalue weighted by Crippen LogP contribution is 2.46. The van der Waals surface area contributed by atoms with E-state index >= 15 is 0 Å². The molecular formula is C15H29NO. The molecule has 1 N–H and O–H groups in total. The number of hydrogen-bond donors (Lipinski definition) is 1. The Kier molecular flexibility index (Phi) is 5.30. The predicted molar refractivity (Wildman–Crippen MR) is 72.3 cm³/mol. The maximum atomic E-state index is 5.25. The number of ether oxygens (including phenoxy) is 1. The molecule has 2 aliphatic carbocycles. The van der Waals surface area contributed by atoms with E-state index in [-0.39, 0.29) is 0 Å². The first kappa shape index (κ1) is 13.4. The molecule has 0 heterocycles. The van der Waals surface area contributed by atoms with Crippen molar-refractivity contribution >= 4 is 0 Å². The predicted octanol–water partition coefficient (Wildman–Crippen LogP) is 3.51. The van der Waals surface area contributed by atoms with Crippen LogP contribution in [0.5, 0.6) is 0 Å². The Morgan fingerprint density at radius 1 is 1.06 bits per heavy atom. The van der Waals surface area contributed by atoms with Crippen molar-refractivity contribution in [2.45, 2.75) is 70.3 Å². The van der Waals surface area contributed by atoms with Crippen LogP contribution in [0.25, 0.3) is 0 Å². The molecule has 0 unspecified atom stereocenters. The molecule has 0 amide bonds. The molecular weight excluding hydrogens is 210 g/mol. The van der Waals surface area contributed by atoms with Crippen molar-refractivity contribution in [1.82, 2.24) is 5.32 Å². The average molecular weight is 239 g/mol. The van der Waals surface area contributed by atoms with Crippen LogP contribution in [0.2, 0.25) is 0 Å². The molecule has 0 aromatic heterocycles. The zero-order valence-electron chi connectivity index (χ0n) is 11.5. The van der Waals surface area contributed by atoms with E-state index in [1.165, 1.54) is 70.8 Å². The minimum absolute atomic E-state index is 0.637. The second-order valence-corrected chi connectivity index (χ2v) is 6.14. The highest BCUT2D eigenvalue weighted by atomic mass is 16.5. The second kappa shape index (κ2) is 6.75. The van der Waals surface area contributed by atoms with Gasteiger partial charge in [-0.2, -0.15) is 0 Å². The fraction of sp³-hybridized carbons (Fsp3) is 1.00. The van der Waals surface area contributed by atoms with E-state index in [2.05, 4.69) is 5.32 Å². The largest absolute Gasteiger partial charge is 0.385 e. The summed E-state index contributed by atoms with van der Waals surface area (Å²) in [6.07, 6.45) is 14.1. The van der Waals surface area contributed by atoms with Gasteiger partial charge in [0.2, 0.25) is 0 Å². The molecule has 0 aromatic rings. The van der Waals surface area contributed by atoms with E-state index in [0.717, 1.165) is 12.6 Å². The fourth-order valence-corrected chi connectivity index (χ4v) is 3.47. The molecule has 2 nitrogen and oxygen atoms in total. The van der Waals surface area contributed by atoms with Crippen molar-refractivity contribution in [3.63, 3.8) is 0 Å². The summed E-state index contributed by atoms with van der Waals surface area (Å²) in [5.41, 5.74) is 0.637. The third-order valence-electron chi connectivity index (χ3n) is 4.94. The van der Waals surface area contributed by atoms with Gasteiger partial charge < -0.3 is 10.1 Å². The van der Waals surface area contributed by atoms with Crippen LogP contribution in [0.3, 0.4) is 0 Å². The van der Waals surface area contributed by atoms with Gasteiger partial charge in [0, 0.05) is 19.8 Å². The van der Waals surface area contributed by atoms with Crippen LogP contribution in [0.4, 0.5) is 0 Å². The topological polar surface area (TPSA) is 21.3 Å². The Morgan fingerprint density at radius 2 is 1.82 bits per heavy atom. The van der Waals surface area contributed by atoms with Gasteiger partial charge in [0.25, 0.3) is 0 Å². The first-order valence-electron chi connectivity index (χ1n) is 7.57. The maximum absolute atomic E-state index is 5.25. The zero-order chi connectivity index (χ0) is 12.0. The van der Waals surface area contributed by atoms with Gasteiger partial charge in [0.15, 0.2) is 0 Å². The standard InChI is InChI=1S/C15H29NO/c1-17-13-11-15(8-5-9-15)10-12-16-14-6-3-2-4-7-14/h14,16H,2-13H2,1H3. The third kappa shape index (κ3) is 3.96. The van der Waals surface area contributed by atoms with Crippen molar-refractivity contribution in [3.8, 4) is 0 Å². The molecule has 0 aliphatic heterocycles. The quantitative estimate of drug-likeness (QED) is 0.734. The minimum Gasteiger partial charge on any atom is -0.385 e. The number of hydrogen-bond acceptors (Lipinski definition) is 2. The summed E-state index contributed by atoms with van der Waals surface area (Å²) in [4.78, 5) is 0. The Morgan fingerprint density at radius 3 is 2.41 bits per heavy atom. The monoisotopic (exact) mass is 239 g/mol. The van der Waals surface area contributed by atoms with Gasteiger partial charge in [-0.3, -0.25) is 0 Å². The first-order chi connectivity index (χ1) is 8.35. The molecule has 2 aliphatic rings. The van der Waals surface area contributed by atoms with E-state index in [4.69, 9.17) is 4.74 Å². The van der Waals surface area contributed by atoms with Crippen molar-refractivity contribution in [2.24, 2.45) is 5.41 Å². The number of nitrogens with one attached hydrogen (secondary N) is 1. The molecule has 0 bridgehead atoms. The van der Waals surface area contributed by atoms with Gasteiger partial charge in [-0.15, -0.1) is 0 Å². The lowest BCUT2D eigenvalue weighted by atomic mass is 9.65. The van der Waals surface area contributed by atoms with E-state index in [1.54, 1.807) is 0 Å². The fourth-order valence-electron chi connectivity index (χ4n) is 3.47. The minimum atomic E-state index is 0.637. The van der Waals surface area contributed by atoms with E-state index < -0.39 is 0 Å². The zero-order valence-corrected chi connectivity index (χ0v) is 11.5. The van der Waals surface area contributed by atoms with Crippen LogP contribution in [0, 0.1) is 5.41 Å². The van der Waals surface area contributed by atoms with Crippen LogP contribution < -0.4 is 5.32 Å². The Labute approximate surface area is 107 Å². The van der Waals surface area contributed by atoms with Gasteiger partial charge in [0.1, 0.15) is 0 Å². The van der Waals surface area contributed by atoms with E-state index in [0.29, 0.717) is 5.41 Å². The molecule has 2 saturated carbocycles. The van der Waals surface area contributed by atoms with Crippen LogP contribution in [-0.4, -0.2) is 26.3 Å². The van der Waals surface area contributed by atoms with Gasteiger partial charge in [0.05, 0.1) is 0 Å². The molecule has 0 radical (unpaired) electrons. The van der Waals surface area contributed by atoms with Crippen LogP contribution in [0.15, 0.2) is 0 Å². The molecule has 0 saturated heterocycles. The average Bonchev–Trinajstić information content (AvgIpc) is 2.33. The maximum Gasteiger partial charge on any atom is 0.0467 e. The molecule has 0 spiro atoms. The molecule has 0 atom stereocenters. The van der Waals surface area contributed by atoms with Gasteiger partial charge in [-0.1, -0.05) is 25.7 Å². The molecule has 17 heavy (non-hydrogen) atoms. The summed E-state index contributed by atoms with van der Waals surface area (Å²) in [5.74, 6) is 0. The van der Waals surface area contributed by atoms with Crippen LogP contribution in [-0.2, 0) is 4.74 Å². The smallest absolute Gasteiger partial charge is 0.0467 e. The summed E-state index contributed by atoms with van der Waals surface area (Å²) in [7, 11) is 1.83. The Hall–Kier alpha value is -0.0800. The molecule has 2 fully saturated rings. The normalized spacial score (nSPS) is 24.5. The lowest BCUT2D eigenvalue weighted by Gasteiger charge is -2.42. The van der Waals surface area contributed by atoms with E-state index in [1.807, 2.05) is 7.11 Å². The van der Waals surface area contributed by atoms with E-state index in [9.17, 15) is 0 Å². The second-order valence-electron chi connectivity index (χ2n) is 6.14. The van der Waals surface area contributed by atoms with Crippen LogP contribution >= 0.6 is 0 Å². The third-order valence-corrected chi connectivity index (χ3v) is 4.94. The van der Waals surface area contributed by atoms with Crippen LogP contribution in [0.1, 0.15) is 64.2 Å². The molecule has 100 valence electrons. The summed E-state index contributed by atoms with van der Waals surface area (Å²) in [6, 6.07) is 0.823. The highest BCUT2D eigenvalue weighted by molar-refractivity contribution is 4.88. The SMILES string of the molecule is COCCC1(CCNC2CCCCC2)CCC1. The van der Waals surface area contributed by atoms with Crippen molar-refractivity contribution in [2.75, 3.05) is 20.3 Å².